The molecule has 0 bridgehead atoms. The van der Waals surface area contributed by atoms with E-state index in [0.29, 0.717) is 5.56 Å². The van der Waals surface area contributed by atoms with Crippen molar-refractivity contribution in [1.82, 2.24) is 5.32 Å². The number of nitrogens with one attached hydrogen (secondary N) is 1. The lowest BCUT2D eigenvalue weighted by Crippen LogP contribution is -2.25. The third-order valence-corrected chi connectivity index (χ3v) is 2.01. The summed E-state index contributed by atoms with van der Waals surface area (Å²) in [6.45, 7) is -0.112. The molecule has 0 unspecified atom stereocenters. The molecule has 0 radical (unpaired) electrons. The summed E-state index contributed by atoms with van der Waals surface area (Å²) in [6.07, 6.45) is -4.42. The summed E-state index contributed by atoms with van der Waals surface area (Å²) >= 11 is 0. The third kappa shape index (κ3) is 4.15. The Morgan fingerprint density at radius 2 is 1.88 bits per heavy atom. The molecule has 0 heterocycles. The van der Waals surface area contributed by atoms with Crippen molar-refractivity contribution in [2.45, 2.75) is 12.6 Å². The Hall–Kier alpha value is -2.03. The van der Waals surface area contributed by atoms with Crippen LogP contribution in [0, 0.1) is 11.3 Å². The van der Waals surface area contributed by atoms with Gasteiger partial charge in [-0.3, -0.25) is 4.79 Å². The molecule has 17 heavy (non-hydrogen) atoms. The number of nitriles is 1. The highest BCUT2D eigenvalue weighted by atomic mass is 19.4. The van der Waals surface area contributed by atoms with Crippen LogP contribution < -0.4 is 5.32 Å². The normalized spacial score (nSPS) is 10.7. The van der Waals surface area contributed by atoms with Crippen LogP contribution in [0.25, 0.3) is 0 Å². The fourth-order valence-electron chi connectivity index (χ4n) is 1.20. The van der Waals surface area contributed by atoms with E-state index in [4.69, 9.17) is 5.26 Å². The standard InChI is InChI=1S/C11H9F3N2O/c12-11(13,14)9-3-1-8(2-4-9)7-10(17)16-6-5-15/h1-4H,6-7H2,(H,16,17). The maximum absolute atomic E-state index is 12.2. The molecular weight excluding hydrogens is 233 g/mol. The lowest BCUT2D eigenvalue weighted by atomic mass is 10.1. The van der Waals surface area contributed by atoms with E-state index in [1.54, 1.807) is 6.07 Å². The largest absolute Gasteiger partial charge is 0.416 e. The lowest BCUT2D eigenvalue weighted by molar-refractivity contribution is -0.137. The zero-order valence-electron chi connectivity index (χ0n) is 8.71. The Morgan fingerprint density at radius 3 is 2.35 bits per heavy atom. The van der Waals surface area contributed by atoms with E-state index in [1.807, 2.05) is 0 Å². The Labute approximate surface area is 95.9 Å². The van der Waals surface area contributed by atoms with Gasteiger partial charge in [0.2, 0.25) is 5.91 Å². The van der Waals surface area contributed by atoms with E-state index in [0.717, 1.165) is 12.1 Å². The molecule has 0 saturated heterocycles. The lowest BCUT2D eigenvalue weighted by Gasteiger charge is -2.07. The summed E-state index contributed by atoms with van der Waals surface area (Å²) < 4.78 is 36.7. The van der Waals surface area contributed by atoms with Crippen LogP contribution in [0.3, 0.4) is 0 Å². The van der Waals surface area contributed by atoms with Gasteiger partial charge in [-0.25, -0.2) is 0 Å². The first-order valence-corrected chi connectivity index (χ1v) is 4.73. The van der Waals surface area contributed by atoms with E-state index in [2.05, 4.69) is 5.32 Å². The number of benzene rings is 1. The minimum atomic E-state index is -4.37. The molecule has 6 heteroatoms. The summed E-state index contributed by atoms with van der Waals surface area (Å²) in [5.41, 5.74) is -0.285. The van der Waals surface area contributed by atoms with Crippen LogP contribution in [0.15, 0.2) is 24.3 Å². The topological polar surface area (TPSA) is 52.9 Å². The molecule has 0 aromatic heterocycles. The van der Waals surface area contributed by atoms with Crippen LogP contribution >= 0.6 is 0 Å². The van der Waals surface area contributed by atoms with Gasteiger partial charge in [0.15, 0.2) is 0 Å². The number of carbonyl (C=O) groups excluding carboxylic acids is 1. The second-order valence-electron chi connectivity index (χ2n) is 3.31. The van der Waals surface area contributed by atoms with E-state index in [9.17, 15) is 18.0 Å². The number of alkyl halides is 3. The van der Waals surface area contributed by atoms with Crippen molar-refractivity contribution < 1.29 is 18.0 Å². The molecule has 90 valence electrons. The van der Waals surface area contributed by atoms with Crippen molar-refractivity contribution in [3.8, 4) is 6.07 Å². The van der Waals surface area contributed by atoms with Gasteiger partial charge in [-0.2, -0.15) is 18.4 Å². The maximum atomic E-state index is 12.2. The second kappa shape index (κ2) is 5.34. The van der Waals surface area contributed by atoms with Crippen molar-refractivity contribution in [3.05, 3.63) is 35.4 Å². The molecule has 3 nitrogen and oxygen atoms in total. The summed E-state index contributed by atoms with van der Waals surface area (Å²) in [5.74, 6) is -0.397. The molecule has 0 spiro atoms. The smallest absolute Gasteiger partial charge is 0.343 e. The fraction of sp³-hybridized carbons (Fsp3) is 0.273. The van der Waals surface area contributed by atoms with Gasteiger partial charge < -0.3 is 5.32 Å². The zero-order chi connectivity index (χ0) is 12.9. The first kappa shape index (κ1) is 13.0. The molecule has 1 rings (SSSR count). The highest BCUT2D eigenvalue weighted by molar-refractivity contribution is 5.78. The molecule has 0 aliphatic heterocycles. The summed E-state index contributed by atoms with van der Waals surface area (Å²) in [4.78, 5) is 11.2. The van der Waals surface area contributed by atoms with E-state index < -0.39 is 17.6 Å². The predicted octanol–water partition coefficient (Wildman–Crippen LogP) is 1.89. The fourth-order valence-corrected chi connectivity index (χ4v) is 1.20. The number of hydrogen-bond acceptors (Lipinski definition) is 2. The third-order valence-electron chi connectivity index (χ3n) is 2.01. The number of hydrogen-bond donors (Lipinski definition) is 1. The predicted molar refractivity (Wildman–Crippen MR) is 53.8 cm³/mol. The van der Waals surface area contributed by atoms with E-state index >= 15 is 0 Å². The van der Waals surface area contributed by atoms with Gasteiger partial charge in [0, 0.05) is 0 Å². The number of carbonyl (C=O) groups is 1. The monoisotopic (exact) mass is 242 g/mol. The Kier molecular flexibility index (Phi) is 4.10. The number of nitrogens with zero attached hydrogens (tertiary/aromatic N) is 1. The van der Waals surface area contributed by atoms with Gasteiger partial charge in [0.05, 0.1) is 18.1 Å². The number of halogens is 3. The van der Waals surface area contributed by atoms with E-state index in [-0.39, 0.29) is 13.0 Å². The molecular formula is C11H9F3N2O. The van der Waals surface area contributed by atoms with Crippen molar-refractivity contribution >= 4 is 5.91 Å². The van der Waals surface area contributed by atoms with Gasteiger partial charge in [0.25, 0.3) is 0 Å². The van der Waals surface area contributed by atoms with Crippen molar-refractivity contribution in [3.63, 3.8) is 0 Å². The first-order chi connectivity index (χ1) is 7.93. The highest BCUT2D eigenvalue weighted by Gasteiger charge is 2.29. The molecule has 0 fully saturated rings. The number of rotatable bonds is 3. The minimum absolute atomic E-state index is 0.0418. The first-order valence-electron chi connectivity index (χ1n) is 4.73. The summed E-state index contributed by atoms with van der Waals surface area (Å²) in [6, 6.07) is 6.07. The van der Waals surface area contributed by atoms with Gasteiger partial charge in [-0.15, -0.1) is 0 Å². The average molecular weight is 242 g/mol. The van der Waals surface area contributed by atoms with Gasteiger partial charge in [0.1, 0.15) is 6.54 Å². The summed E-state index contributed by atoms with van der Waals surface area (Å²) in [5, 5.41) is 10.5. The zero-order valence-corrected chi connectivity index (χ0v) is 8.71. The van der Waals surface area contributed by atoms with Crippen LogP contribution in [0.2, 0.25) is 0 Å². The molecule has 0 aliphatic rings. The number of amides is 1. The molecule has 0 saturated carbocycles. The van der Waals surface area contributed by atoms with Crippen LogP contribution in [0.1, 0.15) is 11.1 Å². The van der Waals surface area contributed by atoms with Crippen molar-refractivity contribution in [2.75, 3.05) is 6.54 Å². The molecule has 0 atom stereocenters. The quantitative estimate of drug-likeness (QED) is 0.823. The van der Waals surface area contributed by atoms with Crippen LogP contribution in [-0.4, -0.2) is 12.5 Å². The van der Waals surface area contributed by atoms with Crippen LogP contribution in [-0.2, 0) is 17.4 Å². The average Bonchev–Trinajstić information content (AvgIpc) is 2.26. The maximum Gasteiger partial charge on any atom is 0.416 e. The van der Waals surface area contributed by atoms with Crippen LogP contribution in [0.5, 0.6) is 0 Å². The highest BCUT2D eigenvalue weighted by Crippen LogP contribution is 2.29. The summed E-state index contributed by atoms with van der Waals surface area (Å²) in [7, 11) is 0. The van der Waals surface area contributed by atoms with Crippen molar-refractivity contribution in [1.29, 1.82) is 5.26 Å². The van der Waals surface area contributed by atoms with Crippen molar-refractivity contribution in [2.24, 2.45) is 0 Å². The Morgan fingerprint density at radius 1 is 1.29 bits per heavy atom. The van der Waals surface area contributed by atoms with E-state index in [1.165, 1.54) is 12.1 Å². The van der Waals surface area contributed by atoms with Gasteiger partial charge >= 0.3 is 6.18 Å². The molecule has 1 amide bonds. The molecule has 1 aromatic carbocycles. The minimum Gasteiger partial charge on any atom is -0.343 e. The SMILES string of the molecule is N#CCNC(=O)Cc1ccc(C(F)(F)F)cc1. The second-order valence-corrected chi connectivity index (χ2v) is 3.31. The Bertz CT molecular complexity index is 432. The Balaban J connectivity index is 2.63. The van der Waals surface area contributed by atoms with Gasteiger partial charge in [-0.05, 0) is 17.7 Å². The molecule has 1 N–H and O–H groups in total. The molecule has 0 aliphatic carbocycles. The molecule has 1 aromatic rings. The van der Waals surface area contributed by atoms with Gasteiger partial charge in [-0.1, -0.05) is 12.1 Å². The van der Waals surface area contributed by atoms with Crippen LogP contribution in [0.4, 0.5) is 13.2 Å².